The lowest BCUT2D eigenvalue weighted by atomic mass is 10.2. The third-order valence-electron chi connectivity index (χ3n) is 2.93. The smallest absolute Gasteiger partial charge is 0.170 e. The van der Waals surface area contributed by atoms with Crippen LogP contribution in [0.5, 0.6) is 0 Å². The van der Waals surface area contributed by atoms with Gasteiger partial charge in [0.1, 0.15) is 0 Å². The van der Waals surface area contributed by atoms with E-state index >= 15 is 0 Å². The molecule has 0 radical (unpaired) electrons. The van der Waals surface area contributed by atoms with Crippen LogP contribution in [0.4, 0.5) is 10.2 Å². The van der Waals surface area contributed by atoms with Crippen LogP contribution in [0.25, 0.3) is 0 Å². The van der Waals surface area contributed by atoms with Crippen molar-refractivity contribution in [2.45, 2.75) is 19.9 Å². The van der Waals surface area contributed by atoms with Crippen LogP contribution >= 0.6 is 0 Å². The molecule has 1 aromatic heterocycles. The van der Waals surface area contributed by atoms with Gasteiger partial charge in [0, 0.05) is 37.9 Å². The molecule has 1 heterocycles. The summed E-state index contributed by atoms with van der Waals surface area (Å²) in [7, 11) is 5.85. The highest BCUT2D eigenvalue weighted by Crippen LogP contribution is 2.19. The van der Waals surface area contributed by atoms with Gasteiger partial charge in [0.2, 0.25) is 0 Å². The Kier molecular flexibility index (Phi) is 6.73. The molecule has 19 heavy (non-hydrogen) atoms. The van der Waals surface area contributed by atoms with Crippen molar-refractivity contribution in [2.75, 3.05) is 45.7 Å². The second-order valence-corrected chi connectivity index (χ2v) is 4.93. The third-order valence-corrected chi connectivity index (χ3v) is 2.93. The summed E-state index contributed by atoms with van der Waals surface area (Å²) < 4.78 is 14.4. The molecular weight excluding hydrogens is 243 g/mol. The third kappa shape index (κ3) is 4.76. The zero-order valence-electron chi connectivity index (χ0n) is 12.4. The number of nitrogens with one attached hydrogen (secondary N) is 1. The van der Waals surface area contributed by atoms with Crippen molar-refractivity contribution in [1.82, 2.24) is 15.2 Å². The molecule has 0 aliphatic rings. The fourth-order valence-electron chi connectivity index (χ4n) is 1.93. The first-order valence-electron chi connectivity index (χ1n) is 6.77. The first kappa shape index (κ1) is 15.9. The summed E-state index contributed by atoms with van der Waals surface area (Å²) in [6.07, 6.45) is 2.66. The molecule has 1 rings (SSSR count). The van der Waals surface area contributed by atoms with Crippen LogP contribution in [-0.2, 0) is 6.54 Å². The predicted molar refractivity (Wildman–Crippen MR) is 78.0 cm³/mol. The molecule has 0 unspecified atom stereocenters. The van der Waals surface area contributed by atoms with Crippen molar-refractivity contribution in [3.8, 4) is 0 Å². The molecule has 0 saturated carbocycles. The minimum Gasteiger partial charge on any atom is -0.353 e. The maximum atomic E-state index is 14.4. The Morgan fingerprint density at radius 2 is 2.00 bits per heavy atom. The van der Waals surface area contributed by atoms with E-state index in [4.69, 9.17) is 0 Å². The summed E-state index contributed by atoms with van der Waals surface area (Å²) in [5, 5.41) is 2.98. The Labute approximate surface area is 115 Å². The Morgan fingerprint density at radius 3 is 2.58 bits per heavy atom. The molecule has 0 amide bonds. The van der Waals surface area contributed by atoms with Crippen LogP contribution in [0.2, 0.25) is 0 Å². The van der Waals surface area contributed by atoms with E-state index in [0.29, 0.717) is 17.9 Å². The van der Waals surface area contributed by atoms with Crippen LogP contribution in [0, 0.1) is 5.82 Å². The molecule has 0 aliphatic carbocycles. The number of nitrogens with zero attached hydrogens (tertiary/aromatic N) is 3. The summed E-state index contributed by atoms with van der Waals surface area (Å²) in [4.78, 5) is 8.34. The Bertz CT molecular complexity index is 382. The van der Waals surface area contributed by atoms with Gasteiger partial charge in [0.05, 0.1) is 0 Å². The van der Waals surface area contributed by atoms with Gasteiger partial charge in [0.25, 0.3) is 0 Å². The molecule has 0 saturated heterocycles. The number of likely N-dealkylation sites (N-methyl/N-ethyl adjacent to an activating group) is 1. The summed E-state index contributed by atoms with van der Waals surface area (Å²) in [5.41, 5.74) is 0.665. The van der Waals surface area contributed by atoms with E-state index in [1.165, 1.54) is 0 Å². The Balaban J connectivity index is 2.91. The first-order chi connectivity index (χ1) is 9.10. The maximum absolute atomic E-state index is 14.4. The Morgan fingerprint density at radius 1 is 1.26 bits per heavy atom. The van der Waals surface area contributed by atoms with E-state index in [9.17, 15) is 4.39 Å². The molecule has 0 bridgehead atoms. The number of hydrogen-bond donors (Lipinski definition) is 1. The molecule has 0 spiro atoms. The van der Waals surface area contributed by atoms with E-state index in [0.717, 1.165) is 26.1 Å². The predicted octanol–water partition coefficient (Wildman–Crippen LogP) is 1.72. The topological polar surface area (TPSA) is 31.4 Å². The average molecular weight is 268 g/mol. The van der Waals surface area contributed by atoms with Gasteiger partial charge in [-0.3, -0.25) is 0 Å². The SMILES string of the molecule is CCCN(CCN(C)C)c1nccc(CNC)c1F. The van der Waals surface area contributed by atoms with Crippen molar-refractivity contribution in [2.24, 2.45) is 0 Å². The fourth-order valence-corrected chi connectivity index (χ4v) is 1.93. The molecule has 0 atom stereocenters. The van der Waals surface area contributed by atoms with Gasteiger partial charge >= 0.3 is 0 Å². The maximum Gasteiger partial charge on any atom is 0.170 e. The molecule has 5 heteroatoms. The molecule has 0 aromatic carbocycles. The van der Waals surface area contributed by atoms with Gasteiger partial charge in [0.15, 0.2) is 11.6 Å². The highest BCUT2D eigenvalue weighted by molar-refractivity contribution is 5.43. The molecule has 0 fully saturated rings. The molecule has 0 aliphatic heterocycles. The molecule has 1 N–H and O–H groups in total. The normalized spacial score (nSPS) is 11.1. The summed E-state index contributed by atoms with van der Waals surface area (Å²) >= 11 is 0. The largest absolute Gasteiger partial charge is 0.353 e. The van der Waals surface area contributed by atoms with Crippen molar-refractivity contribution >= 4 is 5.82 Å². The summed E-state index contributed by atoms with van der Waals surface area (Å²) in [6, 6.07) is 1.73. The average Bonchev–Trinajstić information content (AvgIpc) is 2.37. The lowest BCUT2D eigenvalue weighted by Gasteiger charge is -2.25. The number of halogens is 1. The molecular formula is C14H25FN4. The van der Waals surface area contributed by atoms with Gasteiger partial charge in [-0.2, -0.15) is 0 Å². The second kappa shape index (κ2) is 8.07. The van der Waals surface area contributed by atoms with Crippen molar-refractivity contribution in [3.63, 3.8) is 0 Å². The molecule has 1 aromatic rings. The highest BCUT2D eigenvalue weighted by Gasteiger charge is 2.15. The number of rotatable bonds is 8. The number of anilines is 1. The lowest BCUT2D eigenvalue weighted by Crippen LogP contribution is -2.33. The van der Waals surface area contributed by atoms with Gasteiger partial charge < -0.3 is 15.1 Å². The van der Waals surface area contributed by atoms with Crippen LogP contribution in [-0.4, -0.2) is 50.7 Å². The number of pyridine rings is 1. The first-order valence-corrected chi connectivity index (χ1v) is 6.77. The van der Waals surface area contributed by atoms with Crippen molar-refractivity contribution < 1.29 is 4.39 Å². The fraction of sp³-hybridized carbons (Fsp3) is 0.643. The van der Waals surface area contributed by atoms with Gasteiger partial charge in [-0.05, 0) is 33.6 Å². The van der Waals surface area contributed by atoms with Crippen molar-refractivity contribution in [3.05, 3.63) is 23.6 Å². The van der Waals surface area contributed by atoms with E-state index < -0.39 is 0 Å². The summed E-state index contributed by atoms with van der Waals surface area (Å²) in [6.45, 7) is 5.11. The van der Waals surface area contributed by atoms with Crippen LogP contribution in [0.15, 0.2) is 12.3 Å². The highest BCUT2D eigenvalue weighted by atomic mass is 19.1. The van der Waals surface area contributed by atoms with Gasteiger partial charge in [-0.1, -0.05) is 6.92 Å². The molecule has 108 valence electrons. The molecule has 4 nitrogen and oxygen atoms in total. The van der Waals surface area contributed by atoms with Gasteiger partial charge in [-0.25, -0.2) is 9.37 Å². The van der Waals surface area contributed by atoms with Crippen LogP contribution in [0.3, 0.4) is 0 Å². The van der Waals surface area contributed by atoms with Crippen LogP contribution in [0.1, 0.15) is 18.9 Å². The Hall–Kier alpha value is -1.20. The van der Waals surface area contributed by atoms with Crippen LogP contribution < -0.4 is 10.2 Å². The van der Waals surface area contributed by atoms with E-state index in [2.05, 4.69) is 22.1 Å². The lowest BCUT2D eigenvalue weighted by molar-refractivity contribution is 0.411. The minimum absolute atomic E-state index is 0.205. The second-order valence-electron chi connectivity index (χ2n) is 4.93. The number of aromatic nitrogens is 1. The quantitative estimate of drug-likeness (QED) is 0.778. The summed E-state index contributed by atoms with van der Waals surface area (Å²) in [5.74, 6) is 0.264. The zero-order chi connectivity index (χ0) is 14.3. The standard InChI is InChI=1S/C14H25FN4/c1-5-8-19(10-9-18(3)4)14-13(15)12(11-16-2)6-7-17-14/h6-7,16H,5,8-11H2,1-4H3. The zero-order valence-corrected chi connectivity index (χ0v) is 12.4. The van der Waals surface area contributed by atoms with E-state index in [1.807, 2.05) is 26.0 Å². The van der Waals surface area contributed by atoms with Gasteiger partial charge in [-0.15, -0.1) is 0 Å². The monoisotopic (exact) mass is 268 g/mol. The minimum atomic E-state index is -0.205. The van der Waals surface area contributed by atoms with E-state index in [1.54, 1.807) is 12.3 Å². The number of hydrogen-bond acceptors (Lipinski definition) is 4. The van der Waals surface area contributed by atoms with E-state index in [-0.39, 0.29) is 5.82 Å². The van der Waals surface area contributed by atoms with Crippen molar-refractivity contribution in [1.29, 1.82) is 0 Å².